The van der Waals surface area contributed by atoms with Crippen LogP contribution in [0.3, 0.4) is 0 Å². The van der Waals surface area contributed by atoms with Gasteiger partial charge in [-0.05, 0) is 30.2 Å². The van der Waals surface area contributed by atoms with Crippen LogP contribution in [0.2, 0.25) is 0 Å². The van der Waals surface area contributed by atoms with Crippen molar-refractivity contribution in [3.05, 3.63) is 35.9 Å². The van der Waals surface area contributed by atoms with Crippen LogP contribution in [-0.2, 0) is 0 Å². The van der Waals surface area contributed by atoms with Crippen LogP contribution in [0.5, 0.6) is 0 Å². The highest BCUT2D eigenvalue weighted by molar-refractivity contribution is 5.26. The molecule has 0 radical (unpaired) electrons. The van der Waals surface area contributed by atoms with Gasteiger partial charge in [0, 0.05) is 6.04 Å². The SMILES string of the molecule is CCCCCCCCCCC(N)C1CC1c1ccccc1. The molecule has 1 aromatic carbocycles. The van der Waals surface area contributed by atoms with Gasteiger partial charge < -0.3 is 5.73 Å². The lowest BCUT2D eigenvalue weighted by atomic mass is 10.00. The van der Waals surface area contributed by atoms with Crippen LogP contribution in [0.4, 0.5) is 0 Å². The molecule has 2 rings (SSSR count). The first-order valence-electron chi connectivity index (χ1n) is 9.13. The highest BCUT2D eigenvalue weighted by Gasteiger charge is 2.41. The Kier molecular flexibility index (Phi) is 7.29. The minimum atomic E-state index is 0.426. The Morgan fingerprint density at radius 3 is 2.24 bits per heavy atom. The number of rotatable bonds is 11. The van der Waals surface area contributed by atoms with Gasteiger partial charge in [-0.15, -0.1) is 0 Å². The molecule has 1 fully saturated rings. The maximum atomic E-state index is 6.39. The predicted molar refractivity (Wildman–Crippen MR) is 92.5 cm³/mol. The average Bonchev–Trinajstić information content (AvgIpc) is 3.31. The molecule has 0 aromatic heterocycles. The predicted octanol–water partition coefficient (Wildman–Crippen LogP) is 5.65. The van der Waals surface area contributed by atoms with Gasteiger partial charge in [-0.25, -0.2) is 0 Å². The van der Waals surface area contributed by atoms with Gasteiger partial charge >= 0.3 is 0 Å². The first-order chi connectivity index (χ1) is 10.3. The third-order valence-electron chi connectivity index (χ3n) is 5.01. The van der Waals surface area contributed by atoms with Crippen LogP contribution in [0.25, 0.3) is 0 Å². The van der Waals surface area contributed by atoms with Gasteiger partial charge in [0.25, 0.3) is 0 Å². The molecule has 1 heteroatoms. The fourth-order valence-electron chi connectivity index (χ4n) is 3.50. The molecule has 0 heterocycles. The molecule has 3 atom stereocenters. The van der Waals surface area contributed by atoms with Crippen molar-refractivity contribution in [2.75, 3.05) is 0 Å². The second-order valence-electron chi connectivity index (χ2n) is 6.84. The van der Waals surface area contributed by atoms with E-state index in [4.69, 9.17) is 5.73 Å². The summed E-state index contributed by atoms with van der Waals surface area (Å²) < 4.78 is 0. The second kappa shape index (κ2) is 9.25. The van der Waals surface area contributed by atoms with Crippen LogP contribution in [-0.4, -0.2) is 6.04 Å². The van der Waals surface area contributed by atoms with Crippen molar-refractivity contribution in [2.24, 2.45) is 11.7 Å². The third kappa shape index (κ3) is 5.82. The normalized spacial score (nSPS) is 22.2. The summed E-state index contributed by atoms with van der Waals surface area (Å²) in [6, 6.07) is 11.3. The fourth-order valence-corrected chi connectivity index (χ4v) is 3.50. The quantitative estimate of drug-likeness (QED) is 0.523. The molecule has 1 saturated carbocycles. The molecule has 0 saturated heterocycles. The van der Waals surface area contributed by atoms with Crippen molar-refractivity contribution in [2.45, 2.75) is 83.1 Å². The third-order valence-corrected chi connectivity index (χ3v) is 5.01. The molecular formula is C20H33N. The summed E-state index contributed by atoms with van der Waals surface area (Å²) >= 11 is 0. The molecule has 118 valence electrons. The summed E-state index contributed by atoms with van der Waals surface area (Å²) in [6.07, 6.45) is 13.7. The van der Waals surface area contributed by atoms with Gasteiger partial charge in [0.2, 0.25) is 0 Å². The summed E-state index contributed by atoms with van der Waals surface area (Å²) in [6.45, 7) is 2.28. The highest BCUT2D eigenvalue weighted by atomic mass is 14.7. The Labute approximate surface area is 131 Å². The average molecular weight is 287 g/mol. The van der Waals surface area contributed by atoms with Crippen LogP contribution in [0, 0.1) is 5.92 Å². The summed E-state index contributed by atoms with van der Waals surface area (Å²) in [7, 11) is 0. The van der Waals surface area contributed by atoms with Gasteiger partial charge in [-0.2, -0.15) is 0 Å². The van der Waals surface area contributed by atoms with Crippen molar-refractivity contribution in [3.63, 3.8) is 0 Å². The van der Waals surface area contributed by atoms with E-state index < -0.39 is 0 Å². The smallest absolute Gasteiger partial charge is 0.00732 e. The van der Waals surface area contributed by atoms with E-state index in [1.54, 1.807) is 0 Å². The van der Waals surface area contributed by atoms with Gasteiger partial charge in [-0.1, -0.05) is 88.6 Å². The molecule has 1 aliphatic carbocycles. The van der Waals surface area contributed by atoms with Crippen LogP contribution >= 0.6 is 0 Å². The standard InChI is InChI=1S/C20H33N/c1-2-3-4-5-6-7-8-12-15-20(21)19-16-18(19)17-13-10-9-11-14-17/h9-11,13-14,18-20H,2-8,12,15-16,21H2,1H3. The number of benzene rings is 1. The zero-order valence-corrected chi connectivity index (χ0v) is 13.8. The van der Waals surface area contributed by atoms with E-state index in [0.29, 0.717) is 6.04 Å². The number of hydrogen-bond acceptors (Lipinski definition) is 1. The summed E-state index contributed by atoms with van der Waals surface area (Å²) in [5.74, 6) is 1.49. The van der Waals surface area contributed by atoms with Crippen LogP contribution in [0.15, 0.2) is 30.3 Å². The van der Waals surface area contributed by atoms with E-state index in [9.17, 15) is 0 Å². The number of hydrogen-bond donors (Lipinski definition) is 1. The highest BCUT2D eigenvalue weighted by Crippen LogP contribution is 2.49. The number of unbranched alkanes of at least 4 members (excludes halogenated alkanes) is 7. The Hall–Kier alpha value is -0.820. The largest absolute Gasteiger partial charge is 0.327 e. The maximum Gasteiger partial charge on any atom is 0.00732 e. The molecule has 3 unspecified atom stereocenters. The van der Waals surface area contributed by atoms with E-state index in [0.717, 1.165) is 11.8 Å². The van der Waals surface area contributed by atoms with Gasteiger partial charge in [0.1, 0.15) is 0 Å². The Morgan fingerprint density at radius 1 is 0.952 bits per heavy atom. The van der Waals surface area contributed by atoms with Crippen molar-refractivity contribution in [3.8, 4) is 0 Å². The van der Waals surface area contributed by atoms with E-state index in [1.807, 2.05) is 0 Å². The fraction of sp³-hybridized carbons (Fsp3) is 0.700. The van der Waals surface area contributed by atoms with E-state index >= 15 is 0 Å². The lowest BCUT2D eigenvalue weighted by molar-refractivity contribution is 0.490. The zero-order chi connectivity index (χ0) is 14.9. The van der Waals surface area contributed by atoms with Crippen molar-refractivity contribution >= 4 is 0 Å². The van der Waals surface area contributed by atoms with E-state index in [-0.39, 0.29) is 0 Å². The molecular weight excluding hydrogens is 254 g/mol. The molecule has 0 spiro atoms. The Bertz CT molecular complexity index is 373. The molecule has 21 heavy (non-hydrogen) atoms. The first kappa shape index (κ1) is 16.5. The number of nitrogens with two attached hydrogens (primary N) is 1. The molecule has 0 aliphatic heterocycles. The summed E-state index contributed by atoms with van der Waals surface area (Å²) in [5.41, 5.74) is 7.88. The molecule has 0 bridgehead atoms. The molecule has 0 amide bonds. The summed E-state index contributed by atoms with van der Waals surface area (Å²) in [4.78, 5) is 0. The maximum absolute atomic E-state index is 6.39. The van der Waals surface area contributed by atoms with Crippen LogP contribution in [0.1, 0.15) is 82.6 Å². The minimum Gasteiger partial charge on any atom is -0.327 e. The van der Waals surface area contributed by atoms with Gasteiger partial charge in [0.05, 0.1) is 0 Å². The van der Waals surface area contributed by atoms with Crippen LogP contribution < -0.4 is 5.73 Å². The van der Waals surface area contributed by atoms with Gasteiger partial charge in [0.15, 0.2) is 0 Å². The lowest BCUT2D eigenvalue weighted by Gasteiger charge is -2.11. The minimum absolute atomic E-state index is 0.426. The monoisotopic (exact) mass is 287 g/mol. The van der Waals surface area contributed by atoms with Crippen molar-refractivity contribution in [1.82, 2.24) is 0 Å². The van der Waals surface area contributed by atoms with E-state index in [2.05, 4.69) is 37.3 Å². The second-order valence-corrected chi connectivity index (χ2v) is 6.84. The van der Waals surface area contributed by atoms with Gasteiger partial charge in [-0.3, -0.25) is 0 Å². The molecule has 1 nitrogen and oxygen atoms in total. The lowest BCUT2D eigenvalue weighted by Crippen LogP contribution is -2.23. The Morgan fingerprint density at radius 2 is 1.57 bits per heavy atom. The topological polar surface area (TPSA) is 26.0 Å². The van der Waals surface area contributed by atoms with Crippen molar-refractivity contribution < 1.29 is 0 Å². The molecule has 2 N–H and O–H groups in total. The summed E-state index contributed by atoms with van der Waals surface area (Å²) in [5, 5.41) is 0. The first-order valence-corrected chi connectivity index (χ1v) is 9.13. The molecule has 1 aromatic rings. The Balaban J connectivity index is 1.50. The molecule has 1 aliphatic rings. The van der Waals surface area contributed by atoms with E-state index in [1.165, 1.54) is 69.8 Å². The zero-order valence-electron chi connectivity index (χ0n) is 13.8. The van der Waals surface area contributed by atoms with Crippen molar-refractivity contribution in [1.29, 1.82) is 0 Å².